The number of thiol groups is 1. The first-order valence-corrected chi connectivity index (χ1v) is 14.0. The first-order chi connectivity index (χ1) is 15.1. The quantitative estimate of drug-likeness (QED) is 0.164. The number of hydrogen-bond donors (Lipinski definition) is 7. The van der Waals surface area contributed by atoms with E-state index in [9.17, 15) is 28.3 Å². The number of aromatic nitrogens is 4. The third kappa shape index (κ3) is 6.11. The van der Waals surface area contributed by atoms with Crippen molar-refractivity contribution in [1.29, 1.82) is 0 Å². The van der Waals surface area contributed by atoms with E-state index >= 15 is 0 Å². The van der Waals surface area contributed by atoms with Gasteiger partial charge < -0.3 is 30.0 Å². The summed E-state index contributed by atoms with van der Waals surface area (Å²) in [4.78, 5) is 58.5. The van der Waals surface area contributed by atoms with Crippen LogP contribution in [0.15, 0.2) is 11.1 Å². The van der Waals surface area contributed by atoms with Crippen LogP contribution in [0.25, 0.3) is 11.2 Å². The number of phosphoric acid groups is 3. The average Bonchev–Trinajstić information content (AvgIpc) is 3.18. The molecular weight excluding hydrogens is 531 g/mol. The largest absolute Gasteiger partial charge is 0.490 e. The number of fused-ring (bicyclic) bond motifs is 1. The third-order valence-electron chi connectivity index (χ3n) is 4.65. The molecule has 3 rings (SSSR count). The van der Waals surface area contributed by atoms with Gasteiger partial charge in [0.05, 0.1) is 12.9 Å². The zero-order chi connectivity index (χ0) is 24.8. The van der Waals surface area contributed by atoms with E-state index in [-0.39, 0.29) is 30.0 Å². The maximum absolute atomic E-state index is 12.1. The van der Waals surface area contributed by atoms with E-state index in [0.717, 1.165) is 0 Å². The van der Waals surface area contributed by atoms with Gasteiger partial charge in [0.15, 0.2) is 11.2 Å². The molecule has 5 atom stereocenters. The van der Waals surface area contributed by atoms with Crippen molar-refractivity contribution in [3.05, 3.63) is 16.7 Å². The van der Waals surface area contributed by atoms with E-state index in [1.165, 1.54) is 10.9 Å². The van der Waals surface area contributed by atoms with Gasteiger partial charge in [-0.1, -0.05) is 6.92 Å². The van der Waals surface area contributed by atoms with Crippen molar-refractivity contribution in [3.8, 4) is 0 Å². The number of aromatic amines is 1. The van der Waals surface area contributed by atoms with Crippen LogP contribution < -0.4 is 11.3 Å². The molecule has 21 heteroatoms. The minimum Gasteiger partial charge on any atom is -0.369 e. The predicted molar refractivity (Wildman–Crippen MR) is 113 cm³/mol. The van der Waals surface area contributed by atoms with E-state index in [1.807, 2.05) is 0 Å². The standard InChI is InChI=1S/C12H20N5O12P3S/c1-2-12(4-26-31(22,23)29-32(24,25)28-30(19,20)21)6(33)3-7(27-12)17-5-14-8-9(17)15-11(13)16-10(8)18/h5-7,33H,2-4H2,1H3,(H,22,23)(H,24,25)(H2,19,20,21)(H3,13,15,16,18). The van der Waals surface area contributed by atoms with Crippen molar-refractivity contribution in [2.24, 2.45) is 0 Å². The number of anilines is 1. The van der Waals surface area contributed by atoms with Crippen molar-refractivity contribution >= 4 is 53.2 Å². The fourth-order valence-corrected chi connectivity index (χ4v) is 6.75. The summed E-state index contributed by atoms with van der Waals surface area (Å²) in [6, 6.07) is 0. The Labute approximate surface area is 190 Å². The van der Waals surface area contributed by atoms with Crippen molar-refractivity contribution in [1.82, 2.24) is 19.5 Å². The molecule has 2 aromatic rings. The van der Waals surface area contributed by atoms with Gasteiger partial charge in [-0.05, 0) is 6.42 Å². The lowest BCUT2D eigenvalue weighted by Gasteiger charge is -2.31. The molecule has 1 aliphatic heterocycles. The van der Waals surface area contributed by atoms with E-state index in [2.05, 4.69) is 36.2 Å². The summed E-state index contributed by atoms with van der Waals surface area (Å²) in [6.07, 6.45) is 0.883. The Morgan fingerprint density at radius 2 is 1.97 bits per heavy atom. The second kappa shape index (κ2) is 9.15. The first kappa shape index (κ1) is 26.5. The van der Waals surface area contributed by atoms with Crippen LogP contribution in [0, 0.1) is 0 Å². The van der Waals surface area contributed by atoms with Gasteiger partial charge in [0.25, 0.3) is 5.56 Å². The van der Waals surface area contributed by atoms with Crippen LogP contribution in [0.2, 0.25) is 0 Å². The zero-order valence-corrected chi connectivity index (χ0v) is 20.2. The Kier molecular flexibility index (Phi) is 7.34. The Morgan fingerprint density at radius 1 is 1.30 bits per heavy atom. The lowest BCUT2D eigenvalue weighted by Crippen LogP contribution is -2.40. The zero-order valence-electron chi connectivity index (χ0n) is 16.6. The summed E-state index contributed by atoms with van der Waals surface area (Å²) in [6.45, 7) is 0.972. The number of H-pyrrole nitrogens is 1. The summed E-state index contributed by atoms with van der Waals surface area (Å²) in [5.41, 5.74) is 3.82. The van der Waals surface area contributed by atoms with Gasteiger partial charge in [-0.2, -0.15) is 26.2 Å². The number of ether oxygens (including phenoxy) is 1. The highest BCUT2D eigenvalue weighted by Gasteiger charge is 2.49. The minimum atomic E-state index is -5.66. The van der Waals surface area contributed by atoms with Crippen LogP contribution in [0.5, 0.6) is 0 Å². The number of hydrogen-bond acceptors (Lipinski definition) is 12. The van der Waals surface area contributed by atoms with Gasteiger partial charge in [-0.25, -0.2) is 18.7 Å². The molecule has 1 fully saturated rings. The smallest absolute Gasteiger partial charge is 0.369 e. The summed E-state index contributed by atoms with van der Waals surface area (Å²) in [7, 11) is -16.5. The molecule has 0 saturated carbocycles. The highest BCUT2D eigenvalue weighted by atomic mass is 32.1. The second-order valence-corrected chi connectivity index (χ2v) is 11.9. The lowest BCUT2D eigenvalue weighted by atomic mass is 9.97. The average molecular weight is 551 g/mol. The predicted octanol–water partition coefficient (Wildman–Crippen LogP) is 0.411. The van der Waals surface area contributed by atoms with Gasteiger partial charge in [-0.3, -0.25) is 18.9 Å². The molecule has 0 aromatic carbocycles. The monoisotopic (exact) mass is 551 g/mol. The molecular formula is C12H20N5O12P3S. The van der Waals surface area contributed by atoms with Crippen LogP contribution in [0.1, 0.15) is 26.0 Å². The Balaban J connectivity index is 1.78. The van der Waals surface area contributed by atoms with Crippen LogP contribution >= 0.6 is 36.1 Å². The SMILES string of the molecule is CCC1(COP(=O)(O)OP(=O)(O)OP(=O)(O)O)OC(n2cnc3c(=O)[nH]c(N)nc32)CC1S. The van der Waals surface area contributed by atoms with Crippen LogP contribution in [0.4, 0.5) is 5.95 Å². The highest BCUT2D eigenvalue weighted by molar-refractivity contribution is 7.81. The molecule has 1 aliphatic rings. The fraction of sp³-hybridized carbons (Fsp3) is 0.583. The van der Waals surface area contributed by atoms with Crippen molar-refractivity contribution < 1.29 is 51.2 Å². The second-order valence-electron chi connectivity index (χ2n) is 6.88. The summed E-state index contributed by atoms with van der Waals surface area (Å²) >= 11 is 4.45. The number of nitrogen functional groups attached to an aromatic ring is 1. The van der Waals surface area contributed by atoms with Crippen molar-refractivity contribution in [3.63, 3.8) is 0 Å². The molecule has 0 bridgehead atoms. The van der Waals surface area contributed by atoms with Gasteiger partial charge in [0, 0.05) is 11.7 Å². The van der Waals surface area contributed by atoms with Crippen molar-refractivity contribution in [2.45, 2.75) is 36.8 Å². The third-order valence-corrected chi connectivity index (χ3v) is 9.11. The van der Waals surface area contributed by atoms with Gasteiger partial charge in [0.1, 0.15) is 11.8 Å². The number of nitrogens with zero attached hydrogens (tertiary/aromatic N) is 3. The maximum Gasteiger partial charge on any atom is 0.490 e. The molecule has 5 unspecified atom stereocenters. The molecule has 186 valence electrons. The molecule has 33 heavy (non-hydrogen) atoms. The Bertz CT molecular complexity index is 1250. The van der Waals surface area contributed by atoms with Gasteiger partial charge in [-0.15, -0.1) is 0 Å². The molecule has 0 aliphatic carbocycles. The highest BCUT2D eigenvalue weighted by Crippen LogP contribution is 2.66. The lowest BCUT2D eigenvalue weighted by molar-refractivity contribution is -0.0948. The molecule has 3 heterocycles. The van der Waals surface area contributed by atoms with Crippen molar-refractivity contribution in [2.75, 3.05) is 12.3 Å². The van der Waals surface area contributed by atoms with E-state index in [1.54, 1.807) is 6.92 Å². The normalized spacial score (nSPS) is 27.5. The molecule has 7 N–H and O–H groups in total. The molecule has 17 nitrogen and oxygen atoms in total. The molecule has 0 radical (unpaired) electrons. The van der Waals surface area contributed by atoms with Crippen LogP contribution in [-0.2, 0) is 31.6 Å². The van der Waals surface area contributed by atoms with E-state index in [4.69, 9.17) is 24.8 Å². The Hall–Kier alpha value is -1.13. The van der Waals surface area contributed by atoms with Crippen LogP contribution in [0.3, 0.4) is 0 Å². The minimum absolute atomic E-state index is 0.00535. The summed E-state index contributed by atoms with van der Waals surface area (Å²) in [5, 5.41) is -0.614. The van der Waals surface area contributed by atoms with E-state index < -0.39 is 52.7 Å². The topological polar surface area (TPSA) is 259 Å². The fourth-order valence-electron chi connectivity index (χ4n) is 3.17. The number of rotatable bonds is 9. The Morgan fingerprint density at radius 3 is 2.58 bits per heavy atom. The summed E-state index contributed by atoms with van der Waals surface area (Å²) < 4.78 is 53.9. The number of phosphoric ester groups is 1. The van der Waals surface area contributed by atoms with Gasteiger partial charge in [0.2, 0.25) is 5.95 Å². The number of nitrogens with two attached hydrogens (primary N) is 1. The maximum atomic E-state index is 12.1. The molecule has 0 amide bonds. The van der Waals surface area contributed by atoms with Gasteiger partial charge >= 0.3 is 23.5 Å². The molecule has 0 spiro atoms. The van der Waals surface area contributed by atoms with E-state index in [0.29, 0.717) is 0 Å². The van der Waals surface area contributed by atoms with Crippen LogP contribution in [-0.4, -0.2) is 56.6 Å². The molecule has 2 aromatic heterocycles. The first-order valence-electron chi connectivity index (χ1n) is 8.93. The summed E-state index contributed by atoms with van der Waals surface area (Å²) in [5.74, 6) is -0.149. The number of imidazole rings is 1. The number of nitrogens with one attached hydrogen (secondary N) is 1. The molecule has 1 saturated heterocycles.